The highest BCUT2D eigenvalue weighted by Crippen LogP contribution is 2.36. The number of hydrogen-bond donors (Lipinski definition) is 2. The highest BCUT2D eigenvalue weighted by Gasteiger charge is 2.34. The van der Waals surface area contributed by atoms with E-state index in [4.69, 9.17) is 5.73 Å². The van der Waals surface area contributed by atoms with Crippen LogP contribution in [0.3, 0.4) is 0 Å². The lowest BCUT2D eigenvalue weighted by Crippen LogP contribution is -2.50. The predicted molar refractivity (Wildman–Crippen MR) is 128 cm³/mol. The van der Waals surface area contributed by atoms with Gasteiger partial charge in [-0.15, -0.1) is 13.2 Å². The van der Waals surface area contributed by atoms with Crippen LogP contribution < -0.4 is 15.8 Å². The molecule has 1 aliphatic rings. The molecule has 3 rings (SSSR count). The number of piperidine rings is 1. The summed E-state index contributed by atoms with van der Waals surface area (Å²) in [5, 5.41) is 2.83. The number of aryl methyl sites for hydroxylation is 1. The molecule has 7 nitrogen and oxygen atoms in total. The van der Waals surface area contributed by atoms with E-state index in [-0.39, 0.29) is 28.7 Å². The SMILES string of the molecule is CN=CC(=CN)C(=O)N1CCCCC1C(=O)Nc1ccc(-c2ccccc2OC(F)(F)F)c(C)c1. The lowest BCUT2D eigenvalue weighted by atomic mass is 9.98. The molecule has 0 saturated carbocycles. The van der Waals surface area contributed by atoms with Crippen LogP contribution in [0.25, 0.3) is 11.1 Å². The number of nitrogens with one attached hydrogen (secondary N) is 1. The molecule has 10 heteroatoms. The fraction of sp³-hybridized carbons (Fsp3) is 0.320. The monoisotopic (exact) mass is 488 g/mol. The zero-order valence-corrected chi connectivity index (χ0v) is 19.4. The number of carbonyl (C=O) groups is 2. The normalized spacial score (nSPS) is 16.9. The minimum Gasteiger partial charge on any atom is -0.405 e. The molecule has 2 aromatic rings. The maximum absolute atomic E-state index is 13.1. The number of aliphatic imine (C=N–C) groups is 1. The first-order chi connectivity index (χ1) is 16.6. The van der Waals surface area contributed by atoms with Crippen LogP contribution in [0, 0.1) is 6.92 Å². The first-order valence-corrected chi connectivity index (χ1v) is 11.1. The molecule has 186 valence electrons. The topological polar surface area (TPSA) is 97.0 Å². The standard InChI is InChI=1S/C25H27F3N4O3/c1-16-13-18(10-11-19(16)20-7-3-4-9-22(20)35-25(26,27)28)31-23(33)21-8-5-6-12-32(21)24(34)17(14-29)15-30-2/h3-4,7,9-11,13-15,21H,5-6,8,12,29H2,1-2H3,(H,31,33). The molecule has 1 heterocycles. The quantitative estimate of drug-likeness (QED) is 0.465. The van der Waals surface area contributed by atoms with Gasteiger partial charge in [0.05, 0.1) is 5.57 Å². The van der Waals surface area contributed by atoms with E-state index in [1.807, 2.05) is 0 Å². The molecule has 1 unspecified atom stereocenters. The summed E-state index contributed by atoms with van der Waals surface area (Å²) in [6, 6.07) is 10.1. The third-order valence-corrected chi connectivity index (χ3v) is 5.66. The van der Waals surface area contributed by atoms with Crippen molar-refractivity contribution in [3.05, 3.63) is 59.8 Å². The van der Waals surface area contributed by atoms with Crippen LogP contribution in [0.2, 0.25) is 0 Å². The molecule has 0 radical (unpaired) electrons. The second-order valence-corrected chi connectivity index (χ2v) is 8.08. The fourth-order valence-corrected chi connectivity index (χ4v) is 4.09. The molecular formula is C25H27F3N4O3. The number of nitrogens with two attached hydrogens (primary N) is 1. The van der Waals surface area contributed by atoms with Crippen LogP contribution in [0.15, 0.2) is 59.2 Å². The van der Waals surface area contributed by atoms with Crippen LogP contribution in [0.4, 0.5) is 18.9 Å². The maximum Gasteiger partial charge on any atom is 0.573 e. The molecule has 0 bridgehead atoms. The van der Waals surface area contributed by atoms with Gasteiger partial charge in [-0.25, -0.2) is 0 Å². The smallest absolute Gasteiger partial charge is 0.405 e. The molecule has 1 fully saturated rings. The third-order valence-electron chi connectivity index (χ3n) is 5.66. The van der Waals surface area contributed by atoms with Crippen LogP contribution in [-0.4, -0.2) is 48.9 Å². The Morgan fingerprint density at radius 1 is 1.17 bits per heavy atom. The van der Waals surface area contributed by atoms with Gasteiger partial charge in [0.2, 0.25) is 5.91 Å². The minimum absolute atomic E-state index is 0.201. The summed E-state index contributed by atoms with van der Waals surface area (Å²) >= 11 is 0. The van der Waals surface area contributed by atoms with E-state index in [9.17, 15) is 22.8 Å². The second-order valence-electron chi connectivity index (χ2n) is 8.08. The molecule has 3 N–H and O–H groups in total. The number of alkyl halides is 3. The maximum atomic E-state index is 13.1. The van der Waals surface area contributed by atoms with Crippen molar-refractivity contribution >= 4 is 23.7 Å². The number of para-hydroxylation sites is 1. The van der Waals surface area contributed by atoms with Gasteiger partial charge in [0.1, 0.15) is 11.8 Å². The molecule has 0 aromatic heterocycles. The van der Waals surface area contributed by atoms with Crippen LogP contribution in [0.5, 0.6) is 5.75 Å². The van der Waals surface area contributed by atoms with Gasteiger partial charge in [-0.05, 0) is 55.5 Å². The van der Waals surface area contributed by atoms with Gasteiger partial charge < -0.3 is 20.7 Å². The summed E-state index contributed by atoms with van der Waals surface area (Å²) in [6.45, 7) is 2.15. The summed E-state index contributed by atoms with van der Waals surface area (Å²) in [5.74, 6) is -1.03. The van der Waals surface area contributed by atoms with Gasteiger partial charge in [0.25, 0.3) is 5.91 Å². The van der Waals surface area contributed by atoms with Crippen molar-refractivity contribution in [3.63, 3.8) is 0 Å². The minimum atomic E-state index is -4.82. The van der Waals surface area contributed by atoms with Crippen LogP contribution in [0.1, 0.15) is 24.8 Å². The zero-order chi connectivity index (χ0) is 25.6. The van der Waals surface area contributed by atoms with Gasteiger partial charge >= 0.3 is 6.36 Å². The average molecular weight is 489 g/mol. The Morgan fingerprint density at radius 2 is 1.91 bits per heavy atom. The number of benzene rings is 2. The molecule has 0 aliphatic carbocycles. The van der Waals surface area contributed by atoms with Gasteiger partial charge in [0.15, 0.2) is 0 Å². The number of rotatable bonds is 6. The van der Waals surface area contributed by atoms with E-state index in [0.29, 0.717) is 29.8 Å². The molecule has 2 aromatic carbocycles. The molecule has 2 amide bonds. The highest BCUT2D eigenvalue weighted by molar-refractivity contribution is 6.13. The number of carbonyl (C=O) groups excluding carboxylic acids is 2. The van der Waals surface area contributed by atoms with Crippen molar-refractivity contribution < 1.29 is 27.5 Å². The first-order valence-electron chi connectivity index (χ1n) is 11.1. The Hall–Kier alpha value is -3.82. The summed E-state index contributed by atoms with van der Waals surface area (Å²) in [4.78, 5) is 31.3. The Kier molecular flexibility index (Phi) is 8.16. The van der Waals surface area contributed by atoms with Crippen LogP contribution in [-0.2, 0) is 9.59 Å². The molecule has 1 atom stereocenters. The summed E-state index contributed by atoms with van der Waals surface area (Å²) in [5.41, 5.74) is 7.69. The number of nitrogens with zero attached hydrogens (tertiary/aromatic N) is 2. The number of ether oxygens (including phenoxy) is 1. The Balaban J connectivity index is 1.81. The highest BCUT2D eigenvalue weighted by atomic mass is 19.4. The van der Waals surface area contributed by atoms with Crippen molar-refractivity contribution in [2.45, 2.75) is 38.6 Å². The van der Waals surface area contributed by atoms with E-state index < -0.39 is 12.4 Å². The van der Waals surface area contributed by atoms with Crippen molar-refractivity contribution in [1.82, 2.24) is 4.90 Å². The molecule has 35 heavy (non-hydrogen) atoms. The van der Waals surface area contributed by atoms with E-state index in [2.05, 4.69) is 15.0 Å². The Bertz CT molecular complexity index is 1150. The molecular weight excluding hydrogens is 461 g/mol. The van der Waals surface area contributed by atoms with Crippen molar-refractivity contribution in [1.29, 1.82) is 0 Å². The van der Waals surface area contributed by atoms with E-state index in [1.54, 1.807) is 31.2 Å². The third kappa shape index (κ3) is 6.40. The van der Waals surface area contributed by atoms with Gasteiger partial charge in [0, 0.05) is 37.3 Å². The lowest BCUT2D eigenvalue weighted by molar-refractivity contribution is -0.274. The summed E-state index contributed by atoms with van der Waals surface area (Å²) in [6.07, 6.45) is -0.236. The first kappa shape index (κ1) is 25.8. The number of likely N-dealkylation sites (tertiary alicyclic amines) is 1. The van der Waals surface area contributed by atoms with Gasteiger partial charge in [-0.3, -0.25) is 14.6 Å². The van der Waals surface area contributed by atoms with Crippen molar-refractivity contribution in [3.8, 4) is 16.9 Å². The Morgan fingerprint density at radius 3 is 2.57 bits per heavy atom. The number of hydrogen-bond acceptors (Lipinski definition) is 5. The predicted octanol–water partition coefficient (Wildman–Crippen LogP) is 4.42. The molecule has 0 spiro atoms. The largest absolute Gasteiger partial charge is 0.573 e. The van der Waals surface area contributed by atoms with Gasteiger partial charge in [-0.2, -0.15) is 0 Å². The average Bonchev–Trinajstić information content (AvgIpc) is 2.82. The fourth-order valence-electron chi connectivity index (χ4n) is 4.09. The van der Waals surface area contributed by atoms with E-state index in [0.717, 1.165) is 12.8 Å². The van der Waals surface area contributed by atoms with Crippen molar-refractivity contribution in [2.24, 2.45) is 10.7 Å². The van der Waals surface area contributed by atoms with E-state index >= 15 is 0 Å². The van der Waals surface area contributed by atoms with Gasteiger partial charge in [-0.1, -0.05) is 24.3 Å². The lowest BCUT2D eigenvalue weighted by Gasteiger charge is -2.34. The zero-order valence-electron chi connectivity index (χ0n) is 19.4. The summed E-state index contributed by atoms with van der Waals surface area (Å²) in [7, 11) is 1.52. The molecule has 1 aliphatic heterocycles. The second kappa shape index (κ2) is 11.1. The van der Waals surface area contributed by atoms with E-state index in [1.165, 1.54) is 42.6 Å². The Labute approximate surface area is 201 Å². The number of amides is 2. The number of anilines is 1. The van der Waals surface area contributed by atoms with Crippen LogP contribution >= 0.6 is 0 Å². The van der Waals surface area contributed by atoms with Crippen molar-refractivity contribution in [2.75, 3.05) is 18.9 Å². The molecule has 1 saturated heterocycles. The number of halogens is 3. The summed E-state index contributed by atoms with van der Waals surface area (Å²) < 4.78 is 42.6.